The number of carbonyl (C=O) groups is 1. The summed E-state index contributed by atoms with van der Waals surface area (Å²) in [6.45, 7) is 3.57. The van der Waals surface area contributed by atoms with E-state index in [1.165, 1.54) is 23.5 Å². The summed E-state index contributed by atoms with van der Waals surface area (Å²) in [5.74, 6) is 0.635. The van der Waals surface area contributed by atoms with E-state index in [1.807, 2.05) is 35.2 Å². The third-order valence-corrected chi connectivity index (χ3v) is 11.0. The molecule has 2 unspecified atom stereocenters. The van der Waals surface area contributed by atoms with Gasteiger partial charge in [-0.05, 0) is 42.5 Å². The molecule has 1 N–H and O–H groups in total. The predicted molar refractivity (Wildman–Crippen MR) is 201 cm³/mol. The molecular weight excluding hydrogens is 774 g/mol. The number of amides is 2. The minimum atomic E-state index is -0.427. The number of halogens is 2. The molecule has 5 heterocycles. The summed E-state index contributed by atoms with van der Waals surface area (Å²) in [5, 5.41) is 4.62. The van der Waals surface area contributed by atoms with E-state index >= 15 is 0 Å². The minimum Gasteiger partial charge on any atom is -0.481 e. The molecule has 281 valence electrons. The third-order valence-electron chi connectivity index (χ3n) is 10.3. The fourth-order valence-electron chi connectivity index (χ4n) is 7.63. The molecule has 54 heavy (non-hydrogen) atoms. The van der Waals surface area contributed by atoms with Gasteiger partial charge >= 0.3 is 28.8 Å². The number of hydrogen-bond donors (Lipinski definition) is 1. The van der Waals surface area contributed by atoms with Crippen LogP contribution in [0.15, 0.2) is 58.4 Å². The molecule has 1 radical (unpaired) electrons. The molecule has 0 saturated carbocycles. The molecule has 2 atom stereocenters. The number of nitrogens with one attached hydrogen (secondary N) is 1. The van der Waals surface area contributed by atoms with Gasteiger partial charge < -0.3 is 43.6 Å². The van der Waals surface area contributed by atoms with Gasteiger partial charge in [0.25, 0.3) is 0 Å². The Hall–Kier alpha value is -4.30. The van der Waals surface area contributed by atoms with Crippen LogP contribution < -0.4 is 21.3 Å². The second-order valence-electron chi connectivity index (χ2n) is 13.4. The van der Waals surface area contributed by atoms with Crippen molar-refractivity contribution in [2.75, 3.05) is 47.0 Å². The van der Waals surface area contributed by atoms with Crippen LogP contribution in [0.3, 0.4) is 0 Å². The summed E-state index contributed by atoms with van der Waals surface area (Å²) in [4.78, 5) is 52.4. The summed E-state index contributed by atoms with van der Waals surface area (Å²) in [6.07, 6.45) is 6.61. The number of methoxy groups -OCH3 is 2. The van der Waals surface area contributed by atoms with Gasteiger partial charge in [0.2, 0.25) is 5.88 Å². The summed E-state index contributed by atoms with van der Waals surface area (Å²) in [6, 6.07) is 16.9. The Morgan fingerprint density at radius 2 is 1.81 bits per heavy atom. The second-order valence-corrected chi connectivity index (χ2v) is 14.2. The van der Waals surface area contributed by atoms with E-state index in [0.717, 1.165) is 64.9 Å². The molecule has 1 aliphatic carbocycles. The fourth-order valence-corrected chi connectivity index (χ4v) is 8.18. The molecule has 2 saturated heterocycles. The summed E-state index contributed by atoms with van der Waals surface area (Å²) >= 11 is 13.4. The van der Waals surface area contributed by atoms with E-state index in [9.17, 15) is 14.4 Å². The number of rotatable bonds is 7. The van der Waals surface area contributed by atoms with Crippen molar-refractivity contribution in [3.8, 4) is 28.3 Å². The Labute approximate surface area is 332 Å². The Bertz CT molecular complexity index is 2340. The van der Waals surface area contributed by atoms with Gasteiger partial charge in [0.1, 0.15) is 0 Å². The Morgan fingerprint density at radius 3 is 2.57 bits per heavy atom. The van der Waals surface area contributed by atoms with Crippen LogP contribution in [0.4, 0.5) is 4.79 Å². The van der Waals surface area contributed by atoms with Crippen LogP contribution in [-0.4, -0.2) is 92.5 Å². The van der Waals surface area contributed by atoms with E-state index in [-0.39, 0.29) is 40.1 Å². The zero-order valence-electron chi connectivity index (χ0n) is 30.2. The first-order chi connectivity index (χ1) is 25.6. The van der Waals surface area contributed by atoms with Crippen LogP contribution in [0.1, 0.15) is 30.0 Å². The van der Waals surface area contributed by atoms with E-state index in [0.29, 0.717) is 41.3 Å². The maximum atomic E-state index is 12.6. The van der Waals surface area contributed by atoms with Crippen molar-refractivity contribution in [2.45, 2.75) is 30.8 Å². The topological polar surface area (TPSA) is 137 Å². The van der Waals surface area contributed by atoms with Crippen LogP contribution >= 0.6 is 23.2 Å². The van der Waals surface area contributed by atoms with Crippen LogP contribution in [0.25, 0.3) is 33.4 Å². The van der Waals surface area contributed by atoms with Gasteiger partial charge in [-0.1, -0.05) is 40.4 Å². The first-order valence-electron chi connectivity index (χ1n) is 17.2. The van der Waals surface area contributed by atoms with Gasteiger partial charge in [-0.2, -0.15) is 24.3 Å². The Morgan fingerprint density at radius 1 is 1.04 bits per heavy atom. The molecule has 2 aromatic carbocycles. The van der Waals surface area contributed by atoms with Gasteiger partial charge in [-0.3, -0.25) is 4.90 Å². The smallest absolute Gasteiger partial charge is 0.481 e. The first-order valence-corrected chi connectivity index (χ1v) is 17.9. The van der Waals surface area contributed by atoms with Gasteiger partial charge in [-0.15, -0.1) is 17.2 Å². The van der Waals surface area contributed by atoms with Crippen molar-refractivity contribution in [3.05, 3.63) is 103 Å². The predicted octanol–water partition coefficient (Wildman–Crippen LogP) is 4.46. The van der Waals surface area contributed by atoms with Crippen molar-refractivity contribution in [2.24, 2.45) is 14.1 Å². The molecule has 2 aliphatic heterocycles. The van der Waals surface area contributed by atoms with Gasteiger partial charge in [0, 0.05) is 75.9 Å². The van der Waals surface area contributed by atoms with Crippen molar-refractivity contribution in [1.82, 2.24) is 39.2 Å². The van der Waals surface area contributed by atoms with E-state index in [2.05, 4.69) is 38.5 Å². The first kappa shape index (κ1) is 39.4. The van der Waals surface area contributed by atoms with Crippen molar-refractivity contribution >= 4 is 40.3 Å². The number of aromatic nitrogens is 5. The number of pyridine rings is 1. The quantitative estimate of drug-likeness (QED) is 0.187. The van der Waals surface area contributed by atoms with Crippen molar-refractivity contribution in [3.63, 3.8) is 0 Å². The van der Waals surface area contributed by atoms with Gasteiger partial charge in [-0.25, -0.2) is 14.6 Å². The fraction of sp³-hybridized carbons (Fsp3) is 0.368. The Balaban J connectivity index is 0.000000279. The monoisotopic (exact) mass is 811 g/mol. The molecule has 2 fully saturated rings. The zero-order chi connectivity index (χ0) is 37.4. The summed E-state index contributed by atoms with van der Waals surface area (Å²) in [7, 11) is 6.29. The maximum Gasteiger partial charge on any atom is 2.00 e. The number of benzene rings is 2. The molecule has 0 bridgehead atoms. The summed E-state index contributed by atoms with van der Waals surface area (Å²) in [5.41, 5.74) is 4.91. The molecule has 1 spiro atoms. The molecule has 5 aromatic rings. The molecule has 13 nitrogen and oxygen atoms in total. The number of aryl methyl sites for hydroxylation is 2. The SMILES string of the molecule is COCCN1CC2(CCN(C3CCc4cc(-c5cccc(-c6ccc[c-]c6Cl)c5Cl)nc(OC)c43)C2)NC1=O.Cn1c(=O)c2[c-]ncnc2n(C)c1=O.[Mn+2]. The zero-order valence-corrected chi connectivity index (χ0v) is 32.9. The average Bonchev–Trinajstić information content (AvgIpc) is 3.88. The molecule has 2 amide bonds. The number of hydrogen-bond acceptors (Lipinski definition) is 9. The van der Waals surface area contributed by atoms with Crippen molar-refractivity contribution < 1.29 is 31.3 Å². The largest absolute Gasteiger partial charge is 2.00 e. The van der Waals surface area contributed by atoms with Crippen molar-refractivity contribution in [1.29, 1.82) is 0 Å². The number of nitrogens with zero attached hydrogens (tertiary/aromatic N) is 7. The van der Waals surface area contributed by atoms with Crippen LogP contribution in [0.5, 0.6) is 5.88 Å². The van der Waals surface area contributed by atoms with E-state index in [1.54, 1.807) is 27.3 Å². The normalized spacial score (nSPS) is 19.0. The number of likely N-dealkylation sites (tertiary alicyclic amines) is 1. The number of carbonyl (C=O) groups excluding carboxylic acids is 1. The number of urea groups is 1. The van der Waals surface area contributed by atoms with Crippen LogP contribution in [0.2, 0.25) is 10.0 Å². The number of fused-ring (bicyclic) bond motifs is 2. The average molecular weight is 813 g/mol. The number of ether oxygens (including phenoxy) is 2. The van der Waals surface area contributed by atoms with Crippen LogP contribution in [-0.2, 0) is 42.3 Å². The maximum absolute atomic E-state index is 12.6. The van der Waals surface area contributed by atoms with Gasteiger partial charge in [0.05, 0.1) is 30.6 Å². The standard InChI is InChI=1S/C30H31Cl2N4O3.C8H7N4O2.Mn/c1-38-15-14-36-18-30(34-29(36)37)12-13-35(17-30)25-11-10-19-16-24(33-28(39-2)26(19)25)22-8-5-7-21(27(22)32)20-6-3-4-9-23(20)31;1-11-6-5(3-9-4-10-6)7(13)12(2)8(11)14;/h3-8,16,25H,10-15,17-18H2,1-2H3,(H,34,37);4H,1-2H3;/q2*-1;+2. The molecule has 3 aromatic heterocycles. The summed E-state index contributed by atoms with van der Waals surface area (Å²) < 4.78 is 13.4. The molecule has 8 rings (SSSR count). The third kappa shape index (κ3) is 7.26. The van der Waals surface area contributed by atoms with E-state index < -0.39 is 11.2 Å². The minimum absolute atomic E-state index is 0. The molecular formula is C38H38Cl2MnN8O5. The Kier molecular flexibility index (Phi) is 11.8. The van der Waals surface area contributed by atoms with Crippen LogP contribution in [0, 0.1) is 12.3 Å². The second kappa shape index (κ2) is 16.2. The van der Waals surface area contributed by atoms with E-state index in [4.69, 9.17) is 37.7 Å². The molecule has 16 heteroatoms. The molecule has 3 aliphatic rings. The van der Waals surface area contributed by atoms with Gasteiger partial charge in [0.15, 0.2) is 5.56 Å².